The summed E-state index contributed by atoms with van der Waals surface area (Å²) < 4.78 is 0. The van der Waals surface area contributed by atoms with Crippen LogP contribution in [0.1, 0.15) is 11.1 Å². The van der Waals surface area contributed by atoms with Crippen LogP contribution >= 0.6 is 0 Å². The van der Waals surface area contributed by atoms with Crippen molar-refractivity contribution < 1.29 is 39.5 Å². The summed E-state index contributed by atoms with van der Waals surface area (Å²) in [5.41, 5.74) is 1.92. The number of rotatable bonds is 1. The van der Waals surface area contributed by atoms with Crippen molar-refractivity contribution in [1.82, 2.24) is 4.90 Å². The molecule has 1 aliphatic heterocycles. The molecule has 0 unspecified atom stereocenters. The van der Waals surface area contributed by atoms with E-state index in [1.54, 1.807) is 7.05 Å². The number of benzene rings is 1. The smallest absolute Gasteiger partial charge is 0.876 e. The topological polar surface area (TPSA) is 55.7 Å². The second kappa shape index (κ2) is 5.49. The predicted octanol–water partition coefficient (Wildman–Crippen LogP) is -2.58. The summed E-state index contributed by atoms with van der Waals surface area (Å²) in [5.74, 6) is 0.165. The van der Waals surface area contributed by atoms with Crippen molar-refractivity contribution in [3.8, 4) is 0 Å². The molecule has 4 nitrogen and oxygen atoms in total. The minimum atomic E-state index is -0.356. The Morgan fingerprint density at radius 1 is 1.29 bits per heavy atom. The number of aryl methyl sites for hydroxylation is 1. The molecule has 0 spiro atoms. The molecule has 1 aliphatic rings. The number of likely N-dealkylation sites (N-methyl/N-ethyl adjacent to an activating group) is 1. The average Bonchev–Trinajstić information content (AvgIpc) is 2.57. The molecule has 0 fully saturated rings. The van der Waals surface area contributed by atoms with Crippen molar-refractivity contribution in [2.24, 2.45) is 4.99 Å². The van der Waals surface area contributed by atoms with Crippen LogP contribution in [0.5, 0.6) is 0 Å². The molecule has 1 aromatic carbocycles. The fraction of sp³-hybridized carbons (Fsp3) is 0.167. The van der Waals surface area contributed by atoms with Crippen molar-refractivity contribution in [3.63, 3.8) is 0 Å². The molecule has 5 heteroatoms. The first-order chi connectivity index (χ1) is 7.63. The van der Waals surface area contributed by atoms with Crippen LogP contribution in [-0.4, -0.2) is 23.7 Å². The molecule has 1 amide bonds. The first-order valence-electron chi connectivity index (χ1n) is 4.89. The van der Waals surface area contributed by atoms with E-state index in [0.29, 0.717) is 12.1 Å². The molecule has 0 N–H and O–H groups in total. The van der Waals surface area contributed by atoms with Gasteiger partial charge in [0.05, 0.1) is 0 Å². The quantitative estimate of drug-likeness (QED) is 0.306. The van der Waals surface area contributed by atoms with Crippen LogP contribution in [-0.2, 0) is 4.79 Å². The first kappa shape index (κ1) is 14.0. The van der Waals surface area contributed by atoms with Gasteiger partial charge in [0, 0.05) is 12.6 Å². The largest absolute Gasteiger partial charge is 1.00 e. The number of carbonyl (C=O) groups is 1. The molecule has 1 aromatic rings. The Bertz CT molecular complexity index is 492. The number of nitrogens with zero attached hydrogens (tertiary/aromatic N) is 2. The molecule has 0 aromatic heterocycles. The van der Waals surface area contributed by atoms with E-state index < -0.39 is 0 Å². The number of aliphatic imine (C=N–C) groups is 1. The maximum absolute atomic E-state index is 11.5. The average molecular weight is 238 g/mol. The predicted molar refractivity (Wildman–Crippen MR) is 58.6 cm³/mol. The van der Waals surface area contributed by atoms with Gasteiger partial charge in [-0.3, -0.25) is 9.69 Å². The van der Waals surface area contributed by atoms with Crippen LogP contribution < -0.4 is 34.7 Å². The van der Waals surface area contributed by atoms with Gasteiger partial charge in [-0.2, -0.15) is 0 Å². The van der Waals surface area contributed by atoms with E-state index >= 15 is 0 Å². The van der Waals surface area contributed by atoms with E-state index in [2.05, 4.69) is 4.99 Å². The SMILES string of the molecule is Cc1ccc(C2=N/C(=C\[O-])C(=O)N2C)cc1.[Na+]. The second-order valence-electron chi connectivity index (χ2n) is 3.67. The fourth-order valence-corrected chi connectivity index (χ4v) is 1.54. The van der Waals surface area contributed by atoms with Crippen molar-refractivity contribution >= 4 is 11.7 Å². The number of amides is 1. The third kappa shape index (κ3) is 2.60. The van der Waals surface area contributed by atoms with Crippen LogP contribution in [0.25, 0.3) is 0 Å². The second-order valence-corrected chi connectivity index (χ2v) is 3.67. The molecule has 0 saturated heterocycles. The fourth-order valence-electron chi connectivity index (χ4n) is 1.54. The molecule has 82 valence electrons. The number of carbonyl (C=O) groups excluding carboxylic acids is 1. The summed E-state index contributed by atoms with van der Waals surface area (Å²) in [6.45, 7) is 1.98. The molecule has 0 radical (unpaired) electrons. The molecular formula is C12H11N2NaO2. The van der Waals surface area contributed by atoms with Gasteiger partial charge in [0.1, 0.15) is 11.5 Å². The zero-order chi connectivity index (χ0) is 11.7. The van der Waals surface area contributed by atoms with E-state index in [1.165, 1.54) is 4.90 Å². The Labute approximate surface area is 122 Å². The van der Waals surface area contributed by atoms with Gasteiger partial charge in [0.25, 0.3) is 5.91 Å². The Kier molecular flexibility index (Phi) is 4.51. The molecular weight excluding hydrogens is 227 g/mol. The summed E-state index contributed by atoms with van der Waals surface area (Å²) >= 11 is 0. The Balaban J connectivity index is 0.00000144. The van der Waals surface area contributed by atoms with Crippen molar-refractivity contribution in [2.75, 3.05) is 7.05 Å². The van der Waals surface area contributed by atoms with E-state index in [4.69, 9.17) is 0 Å². The van der Waals surface area contributed by atoms with E-state index in [9.17, 15) is 9.90 Å². The Hall–Kier alpha value is -1.10. The van der Waals surface area contributed by atoms with Crippen molar-refractivity contribution in [1.29, 1.82) is 0 Å². The maximum atomic E-state index is 11.5. The third-order valence-corrected chi connectivity index (χ3v) is 2.49. The first-order valence-corrected chi connectivity index (χ1v) is 4.89. The van der Waals surface area contributed by atoms with Crippen LogP contribution in [0.3, 0.4) is 0 Å². The molecule has 0 bridgehead atoms. The molecule has 17 heavy (non-hydrogen) atoms. The van der Waals surface area contributed by atoms with Gasteiger partial charge < -0.3 is 5.11 Å². The molecule has 1 heterocycles. The van der Waals surface area contributed by atoms with Gasteiger partial charge in [-0.15, -0.1) is 6.26 Å². The standard InChI is InChI=1S/C12H12N2O2.Na/c1-8-3-5-9(6-4-8)11-13-10(7-15)12(16)14(11)2;/h3-7,15H,1-2H3;/q;+1/p-1/b10-7-;. The van der Waals surface area contributed by atoms with Crippen molar-refractivity contribution in [3.05, 3.63) is 47.4 Å². The summed E-state index contributed by atoms with van der Waals surface area (Å²) in [6, 6.07) is 7.64. The normalized spacial score (nSPS) is 17.1. The molecule has 0 aliphatic carbocycles. The summed E-state index contributed by atoms with van der Waals surface area (Å²) in [7, 11) is 1.61. The van der Waals surface area contributed by atoms with Gasteiger partial charge in [0.15, 0.2) is 0 Å². The van der Waals surface area contributed by atoms with E-state index in [1.807, 2.05) is 31.2 Å². The van der Waals surface area contributed by atoms with Gasteiger partial charge in [-0.1, -0.05) is 29.8 Å². The van der Waals surface area contributed by atoms with Crippen molar-refractivity contribution in [2.45, 2.75) is 6.92 Å². The zero-order valence-electron chi connectivity index (χ0n) is 10.1. The molecule has 0 saturated carbocycles. The monoisotopic (exact) mass is 238 g/mol. The number of hydrogen-bond acceptors (Lipinski definition) is 3. The van der Waals surface area contributed by atoms with Crippen LogP contribution in [0.2, 0.25) is 0 Å². The maximum Gasteiger partial charge on any atom is 1.00 e. The van der Waals surface area contributed by atoms with Gasteiger partial charge in [0.2, 0.25) is 0 Å². The van der Waals surface area contributed by atoms with Gasteiger partial charge in [-0.25, -0.2) is 4.99 Å². The van der Waals surface area contributed by atoms with Gasteiger partial charge >= 0.3 is 29.6 Å². The molecule has 2 rings (SSSR count). The third-order valence-electron chi connectivity index (χ3n) is 2.49. The summed E-state index contributed by atoms with van der Waals surface area (Å²) in [4.78, 5) is 16.9. The van der Waals surface area contributed by atoms with Crippen LogP contribution in [0.15, 0.2) is 41.2 Å². The Morgan fingerprint density at radius 3 is 2.35 bits per heavy atom. The number of hydrogen-bond donors (Lipinski definition) is 0. The number of amidine groups is 1. The Morgan fingerprint density at radius 2 is 1.88 bits per heavy atom. The molecule has 0 atom stereocenters. The summed E-state index contributed by atoms with van der Waals surface area (Å²) in [6.07, 6.45) is 0.486. The van der Waals surface area contributed by atoms with Crippen LogP contribution in [0, 0.1) is 6.92 Å². The van der Waals surface area contributed by atoms with Crippen LogP contribution in [0.4, 0.5) is 0 Å². The summed E-state index contributed by atoms with van der Waals surface area (Å²) in [5, 5.41) is 10.6. The van der Waals surface area contributed by atoms with E-state index in [-0.39, 0.29) is 41.2 Å². The van der Waals surface area contributed by atoms with E-state index in [0.717, 1.165) is 11.1 Å². The van der Waals surface area contributed by atoms with Gasteiger partial charge in [-0.05, 0) is 6.92 Å². The minimum absolute atomic E-state index is 0. The zero-order valence-corrected chi connectivity index (χ0v) is 12.1. The minimum Gasteiger partial charge on any atom is -0.876 e.